The van der Waals surface area contributed by atoms with Crippen molar-refractivity contribution in [3.05, 3.63) is 63.6 Å². The summed E-state index contributed by atoms with van der Waals surface area (Å²) >= 11 is 3.46. The van der Waals surface area contributed by atoms with Crippen molar-refractivity contribution in [2.45, 2.75) is 13.5 Å². The molecule has 2 aromatic carbocycles. The van der Waals surface area contributed by atoms with Gasteiger partial charge in [-0.2, -0.15) is 0 Å². The van der Waals surface area contributed by atoms with Crippen molar-refractivity contribution < 1.29 is 14.6 Å². The fraction of sp³-hybridized carbons (Fsp3) is 0.133. The van der Waals surface area contributed by atoms with E-state index in [0.717, 1.165) is 15.6 Å². The van der Waals surface area contributed by atoms with E-state index in [4.69, 9.17) is 9.84 Å². The van der Waals surface area contributed by atoms with Gasteiger partial charge in [-0.3, -0.25) is 0 Å². The summed E-state index contributed by atoms with van der Waals surface area (Å²) in [6, 6.07) is 12.7. The number of hydrogen-bond donors (Lipinski definition) is 1. The Morgan fingerprint density at radius 1 is 1.26 bits per heavy atom. The number of hydrogen-bond acceptors (Lipinski definition) is 2. The smallest absolute Gasteiger partial charge is 0.335 e. The number of aromatic carboxylic acids is 1. The summed E-state index contributed by atoms with van der Waals surface area (Å²) in [5.74, 6) is -0.235. The van der Waals surface area contributed by atoms with Crippen molar-refractivity contribution >= 4 is 21.9 Å². The number of halogens is 1. The van der Waals surface area contributed by atoms with Crippen LogP contribution < -0.4 is 4.74 Å². The SMILES string of the molecule is Cc1cc(C(=O)O)ccc1OCc1ccccc1Br. The number of carbonyl (C=O) groups is 1. The molecule has 0 aliphatic heterocycles. The van der Waals surface area contributed by atoms with E-state index in [-0.39, 0.29) is 5.56 Å². The van der Waals surface area contributed by atoms with Crippen molar-refractivity contribution in [2.75, 3.05) is 0 Å². The summed E-state index contributed by atoms with van der Waals surface area (Å²) in [5.41, 5.74) is 2.13. The number of aryl methyl sites for hydroxylation is 1. The molecule has 0 saturated heterocycles. The molecule has 0 heterocycles. The molecule has 4 heteroatoms. The van der Waals surface area contributed by atoms with Crippen LogP contribution in [-0.4, -0.2) is 11.1 Å². The van der Waals surface area contributed by atoms with E-state index in [0.29, 0.717) is 12.4 Å². The largest absolute Gasteiger partial charge is 0.489 e. The van der Waals surface area contributed by atoms with Gasteiger partial charge in [0.25, 0.3) is 0 Å². The van der Waals surface area contributed by atoms with Crippen molar-refractivity contribution in [1.82, 2.24) is 0 Å². The van der Waals surface area contributed by atoms with E-state index >= 15 is 0 Å². The minimum absolute atomic E-state index is 0.269. The Kier molecular flexibility index (Phi) is 4.22. The third-order valence-corrected chi connectivity index (χ3v) is 3.54. The predicted molar refractivity (Wildman–Crippen MR) is 76.6 cm³/mol. The topological polar surface area (TPSA) is 46.5 Å². The maximum atomic E-state index is 10.8. The van der Waals surface area contributed by atoms with Crippen molar-refractivity contribution in [3.8, 4) is 5.75 Å². The zero-order chi connectivity index (χ0) is 13.8. The highest BCUT2D eigenvalue weighted by Crippen LogP contribution is 2.22. The van der Waals surface area contributed by atoms with Crippen LogP contribution in [-0.2, 0) is 6.61 Å². The lowest BCUT2D eigenvalue weighted by Crippen LogP contribution is -2.00. The molecule has 19 heavy (non-hydrogen) atoms. The molecule has 0 saturated carbocycles. The standard InChI is InChI=1S/C15H13BrO3/c1-10-8-11(15(17)18)6-7-14(10)19-9-12-4-2-3-5-13(12)16/h2-8H,9H2,1H3,(H,17,18). The second kappa shape index (κ2) is 5.89. The number of rotatable bonds is 4. The molecule has 0 radical (unpaired) electrons. The summed E-state index contributed by atoms with van der Waals surface area (Å²) in [6.07, 6.45) is 0. The Balaban J connectivity index is 2.12. The van der Waals surface area contributed by atoms with E-state index in [1.165, 1.54) is 0 Å². The number of benzene rings is 2. The van der Waals surface area contributed by atoms with Gasteiger partial charge in [-0.15, -0.1) is 0 Å². The molecule has 3 nitrogen and oxygen atoms in total. The monoisotopic (exact) mass is 320 g/mol. The average Bonchev–Trinajstić information content (AvgIpc) is 2.39. The Labute approximate surface area is 120 Å². The van der Waals surface area contributed by atoms with Crippen LogP contribution in [0.15, 0.2) is 46.9 Å². The molecule has 98 valence electrons. The van der Waals surface area contributed by atoms with Crippen LogP contribution in [0.4, 0.5) is 0 Å². The van der Waals surface area contributed by atoms with E-state index in [2.05, 4.69) is 15.9 Å². The molecular weight excluding hydrogens is 308 g/mol. The first-order valence-corrected chi connectivity index (χ1v) is 6.57. The molecule has 0 spiro atoms. The van der Waals surface area contributed by atoms with Crippen molar-refractivity contribution in [2.24, 2.45) is 0 Å². The van der Waals surface area contributed by atoms with Gasteiger partial charge in [0.05, 0.1) is 5.56 Å². The summed E-state index contributed by atoms with van der Waals surface area (Å²) in [5, 5.41) is 8.90. The highest BCUT2D eigenvalue weighted by molar-refractivity contribution is 9.10. The van der Waals surface area contributed by atoms with E-state index in [9.17, 15) is 4.79 Å². The van der Waals surface area contributed by atoms with Crippen LogP contribution in [0.3, 0.4) is 0 Å². The zero-order valence-electron chi connectivity index (χ0n) is 10.4. The molecule has 0 atom stereocenters. The van der Waals surface area contributed by atoms with Crippen LogP contribution in [0.25, 0.3) is 0 Å². The van der Waals surface area contributed by atoms with Gasteiger partial charge in [-0.05, 0) is 36.8 Å². The molecule has 1 N–H and O–H groups in total. The molecule has 0 amide bonds. The van der Waals surface area contributed by atoms with E-state index in [1.54, 1.807) is 18.2 Å². The molecule has 0 aromatic heterocycles. The maximum Gasteiger partial charge on any atom is 0.335 e. The molecule has 0 fully saturated rings. The molecule has 2 aromatic rings. The fourth-order valence-corrected chi connectivity index (χ4v) is 2.11. The van der Waals surface area contributed by atoms with Crippen LogP contribution in [0.5, 0.6) is 5.75 Å². The second-order valence-electron chi connectivity index (χ2n) is 4.17. The molecule has 0 bridgehead atoms. The van der Waals surface area contributed by atoms with Crippen LogP contribution >= 0.6 is 15.9 Å². The minimum Gasteiger partial charge on any atom is -0.489 e. The van der Waals surface area contributed by atoms with Gasteiger partial charge >= 0.3 is 5.97 Å². The Hall–Kier alpha value is -1.81. The van der Waals surface area contributed by atoms with Gasteiger partial charge in [0.1, 0.15) is 12.4 Å². The van der Waals surface area contributed by atoms with Gasteiger partial charge in [0.2, 0.25) is 0 Å². The number of ether oxygens (including phenoxy) is 1. The van der Waals surface area contributed by atoms with Crippen molar-refractivity contribution in [1.29, 1.82) is 0 Å². The quantitative estimate of drug-likeness (QED) is 0.924. The van der Waals surface area contributed by atoms with Gasteiger partial charge < -0.3 is 9.84 Å². The van der Waals surface area contributed by atoms with Gasteiger partial charge in [0, 0.05) is 10.0 Å². The average molecular weight is 321 g/mol. The van der Waals surface area contributed by atoms with E-state index < -0.39 is 5.97 Å². The third kappa shape index (κ3) is 3.35. The summed E-state index contributed by atoms with van der Waals surface area (Å²) < 4.78 is 6.71. The van der Waals surface area contributed by atoms with Crippen LogP contribution in [0.2, 0.25) is 0 Å². The lowest BCUT2D eigenvalue weighted by Gasteiger charge is -2.10. The molecule has 0 aliphatic carbocycles. The molecule has 0 aliphatic rings. The predicted octanol–water partition coefficient (Wildman–Crippen LogP) is 4.03. The first kappa shape index (κ1) is 13.6. The lowest BCUT2D eigenvalue weighted by molar-refractivity contribution is 0.0696. The maximum absolute atomic E-state index is 10.8. The van der Waals surface area contributed by atoms with Gasteiger partial charge in [-0.1, -0.05) is 34.1 Å². The second-order valence-corrected chi connectivity index (χ2v) is 5.02. The number of carboxylic acids is 1. The van der Waals surface area contributed by atoms with Crippen LogP contribution in [0.1, 0.15) is 21.5 Å². The normalized spacial score (nSPS) is 10.2. The summed E-state index contributed by atoms with van der Waals surface area (Å²) in [6.45, 7) is 2.27. The Morgan fingerprint density at radius 2 is 2.00 bits per heavy atom. The number of carboxylic acid groups (broad SMARTS) is 1. The van der Waals surface area contributed by atoms with E-state index in [1.807, 2.05) is 31.2 Å². The molecule has 0 unspecified atom stereocenters. The summed E-state index contributed by atoms with van der Waals surface area (Å²) in [7, 11) is 0. The first-order chi connectivity index (χ1) is 9.08. The first-order valence-electron chi connectivity index (χ1n) is 5.78. The highest BCUT2D eigenvalue weighted by atomic mass is 79.9. The molecular formula is C15H13BrO3. The molecule has 2 rings (SSSR count). The van der Waals surface area contributed by atoms with Gasteiger partial charge in [-0.25, -0.2) is 4.79 Å². The Bertz CT molecular complexity index is 608. The highest BCUT2D eigenvalue weighted by Gasteiger charge is 2.07. The van der Waals surface area contributed by atoms with Gasteiger partial charge in [0.15, 0.2) is 0 Å². The Morgan fingerprint density at radius 3 is 2.63 bits per heavy atom. The minimum atomic E-state index is -0.930. The summed E-state index contributed by atoms with van der Waals surface area (Å²) in [4.78, 5) is 10.8. The lowest BCUT2D eigenvalue weighted by atomic mass is 10.1. The third-order valence-electron chi connectivity index (χ3n) is 2.76. The van der Waals surface area contributed by atoms with Crippen LogP contribution in [0, 0.1) is 6.92 Å². The fourth-order valence-electron chi connectivity index (χ4n) is 1.72. The van der Waals surface area contributed by atoms with Crippen molar-refractivity contribution in [3.63, 3.8) is 0 Å². The zero-order valence-corrected chi connectivity index (χ0v) is 12.0.